The molecule has 1 saturated heterocycles. The monoisotopic (exact) mass is 438 g/mol. The van der Waals surface area contributed by atoms with Crippen LogP contribution in [0.4, 0.5) is 0 Å². The van der Waals surface area contributed by atoms with Gasteiger partial charge in [0.25, 0.3) is 0 Å². The molecule has 1 aliphatic heterocycles. The zero-order valence-corrected chi connectivity index (χ0v) is 19.1. The van der Waals surface area contributed by atoms with Crippen molar-refractivity contribution in [2.45, 2.75) is 50.2 Å². The predicted molar refractivity (Wildman–Crippen MR) is 124 cm³/mol. The van der Waals surface area contributed by atoms with E-state index in [4.69, 9.17) is 9.47 Å². The molecule has 5 nitrogen and oxygen atoms in total. The second-order valence-electron chi connectivity index (χ2n) is 9.69. The molecule has 1 N–H and O–H groups in total. The molecule has 1 unspecified atom stereocenters. The van der Waals surface area contributed by atoms with Gasteiger partial charge in [-0.15, -0.1) is 0 Å². The van der Waals surface area contributed by atoms with Crippen LogP contribution < -0.4 is 4.74 Å². The van der Waals surface area contributed by atoms with Gasteiger partial charge >= 0.3 is 5.97 Å². The van der Waals surface area contributed by atoms with E-state index in [0.29, 0.717) is 12.2 Å². The average Bonchev–Trinajstić information content (AvgIpc) is 3.48. The van der Waals surface area contributed by atoms with Crippen LogP contribution in [-0.2, 0) is 15.1 Å². The standard InChI is InChI=1S/C27H36NO4/c1-28(18-10-20-31-24-15-6-3-7-16-24)19-17-25(21-28)32-26(29)27(30,23-13-8-9-14-23)22-11-4-2-5-12-22/h2-7,11-12,15-16,23,25,30H,8-10,13-14,17-21H2,1H3/q+1/t25-,27+,28?/m0/s1. The Kier molecular flexibility index (Phi) is 7.17. The highest BCUT2D eigenvalue weighted by atomic mass is 16.6. The van der Waals surface area contributed by atoms with Crippen molar-refractivity contribution in [3.8, 4) is 5.75 Å². The van der Waals surface area contributed by atoms with Crippen molar-refractivity contribution >= 4 is 5.97 Å². The maximum atomic E-state index is 13.3. The number of ether oxygens (including phenoxy) is 2. The number of rotatable bonds is 9. The molecular formula is C27H36NO4+. The van der Waals surface area contributed by atoms with Gasteiger partial charge in [0.05, 0.1) is 26.7 Å². The van der Waals surface area contributed by atoms with Crippen LogP contribution in [0.25, 0.3) is 0 Å². The van der Waals surface area contributed by atoms with Crippen molar-refractivity contribution in [2.24, 2.45) is 5.92 Å². The highest BCUT2D eigenvalue weighted by Gasteiger charge is 2.49. The van der Waals surface area contributed by atoms with Crippen LogP contribution >= 0.6 is 0 Å². The Morgan fingerprint density at radius 2 is 1.69 bits per heavy atom. The summed E-state index contributed by atoms with van der Waals surface area (Å²) in [7, 11) is 2.22. The summed E-state index contributed by atoms with van der Waals surface area (Å²) in [6, 6.07) is 19.2. The fourth-order valence-corrected chi connectivity index (χ4v) is 5.38. The normalized spacial score (nSPS) is 25.4. The summed E-state index contributed by atoms with van der Waals surface area (Å²) >= 11 is 0. The van der Waals surface area contributed by atoms with Crippen LogP contribution in [-0.4, -0.2) is 55.0 Å². The molecule has 2 aliphatic rings. The van der Waals surface area contributed by atoms with E-state index in [9.17, 15) is 9.90 Å². The molecule has 0 bridgehead atoms. The third-order valence-electron chi connectivity index (χ3n) is 7.23. The zero-order chi connectivity index (χ0) is 22.4. The number of quaternary nitrogens is 1. The van der Waals surface area contributed by atoms with Crippen molar-refractivity contribution in [1.29, 1.82) is 0 Å². The van der Waals surface area contributed by atoms with E-state index < -0.39 is 11.6 Å². The molecule has 0 aromatic heterocycles. The lowest BCUT2D eigenvalue weighted by molar-refractivity contribution is -0.899. The van der Waals surface area contributed by atoms with Crippen molar-refractivity contribution in [2.75, 3.05) is 33.3 Å². The molecule has 4 rings (SSSR count). The third kappa shape index (κ3) is 5.16. The summed E-state index contributed by atoms with van der Waals surface area (Å²) in [6.45, 7) is 3.41. The van der Waals surface area contributed by atoms with Gasteiger partial charge in [0.15, 0.2) is 11.7 Å². The molecule has 2 aromatic carbocycles. The maximum absolute atomic E-state index is 13.3. The summed E-state index contributed by atoms with van der Waals surface area (Å²) < 4.78 is 12.7. The largest absolute Gasteiger partial charge is 0.493 e. The van der Waals surface area contributed by atoms with Gasteiger partial charge in [0.1, 0.15) is 12.3 Å². The number of carbonyl (C=O) groups excluding carboxylic acids is 1. The molecule has 0 radical (unpaired) electrons. The van der Waals surface area contributed by atoms with Crippen LogP contribution in [0.3, 0.4) is 0 Å². The number of carbonyl (C=O) groups is 1. The number of likely N-dealkylation sites (N-methyl/N-ethyl adjacent to an activating group) is 1. The van der Waals surface area contributed by atoms with E-state index >= 15 is 0 Å². The lowest BCUT2D eigenvalue weighted by Gasteiger charge is -2.33. The smallest absolute Gasteiger partial charge is 0.343 e. The van der Waals surface area contributed by atoms with Gasteiger partial charge in [0.2, 0.25) is 0 Å². The first-order valence-corrected chi connectivity index (χ1v) is 12.0. The van der Waals surface area contributed by atoms with Gasteiger partial charge < -0.3 is 19.1 Å². The Bertz CT molecular complexity index is 868. The first-order valence-electron chi connectivity index (χ1n) is 12.0. The number of para-hydroxylation sites is 1. The molecule has 1 saturated carbocycles. The number of hydrogen-bond donors (Lipinski definition) is 1. The number of benzene rings is 2. The molecule has 32 heavy (non-hydrogen) atoms. The van der Waals surface area contributed by atoms with Crippen molar-refractivity contribution in [3.63, 3.8) is 0 Å². The molecule has 3 atom stereocenters. The highest BCUT2D eigenvalue weighted by molar-refractivity contribution is 5.81. The van der Waals surface area contributed by atoms with E-state index in [1.807, 2.05) is 60.7 Å². The van der Waals surface area contributed by atoms with Crippen LogP contribution in [0.2, 0.25) is 0 Å². The lowest BCUT2D eigenvalue weighted by Crippen LogP contribution is -2.47. The fourth-order valence-electron chi connectivity index (χ4n) is 5.38. The Morgan fingerprint density at radius 1 is 1.03 bits per heavy atom. The average molecular weight is 439 g/mol. The lowest BCUT2D eigenvalue weighted by atomic mass is 9.80. The number of likely N-dealkylation sites (tertiary alicyclic amines) is 1. The summed E-state index contributed by atoms with van der Waals surface area (Å²) in [6.07, 6.45) is 5.45. The summed E-state index contributed by atoms with van der Waals surface area (Å²) in [4.78, 5) is 13.3. The Morgan fingerprint density at radius 3 is 2.38 bits per heavy atom. The van der Waals surface area contributed by atoms with E-state index in [-0.39, 0.29) is 12.0 Å². The minimum atomic E-state index is -1.55. The van der Waals surface area contributed by atoms with E-state index in [0.717, 1.165) is 68.4 Å². The van der Waals surface area contributed by atoms with Gasteiger partial charge in [0, 0.05) is 18.8 Å². The van der Waals surface area contributed by atoms with Crippen molar-refractivity contribution in [3.05, 3.63) is 66.2 Å². The van der Waals surface area contributed by atoms with Crippen LogP contribution in [0.15, 0.2) is 60.7 Å². The summed E-state index contributed by atoms with van der Waals surface area (Å²) in [5, 5.41) is 11.6. The minimum Gasteiger partial charge on any atom is -0.493 e. The molecule has 172 valence electrons. The summed E-state index contributed by atoms with van der Waals surface area (Å²) in [5.74, 6) is 0.353. The predicted octanol–water partition coefficient (Wildman–Crippen LogP) is 4.30. The van der Waals surface area contributed by atoms with E-state index in [1.165, 1.54) is 0 Å². The number of nitrogens with zero attached hydrogens (tertiary/aromatic N) is 1. The molecule has 1 aliphatic carbocycles. The third-order valence-corrected chi connectivity index (χ3v) is 7.23. The molecule has 2 aromatic rings. The van der Waals surface area contributed by atoms with Crippen molar-refractivity contribution in [1.82, 2.24) is 0 Å². The minimum absolute atomic E-state index is 0.0742. The SMILES string of the molecule is C[N+]1(CCCOc2ccccc2)CC[C@H](OC(=O)[C@@](O)(c2ccccc2)C2CCCC2)C1. The van der Waals surface area contributed by atoms with Gasteiger partial charge in [-0.1, -0.05) is 61.4 Å². The second-order valence-corrected chi connectivity index (χ2v) is 9.69. The number of hydrogen-bond acceptors (Lipinski definition) is 4. The van der Waals surface area contributed by atoms with Gasteiger partial charge in [-0.3, -0.25) is 0 Å². The maximum Gasteiger partial charge on any atom is 0.343 e. The van der Waals surface area contributed by atoms with Crippen molar-refractivity contribution < 1.29 is 23.9 Å². The Hall–Kier alpha value is -2.37. The molecular weight excluding hydrogens is 402 g/mol. The number of aliphatic hydroxyl groups is 1. The number of esters is 1. The van der Waals surface area contributed by atoms with E-state index in [2.05, 4.69) is 7.05 Å². The zero-order valence-electron chi connectivity index (χ0n) is 19.1. The Labute approximate surface area is 191 Å². The van der Waals surface area contributed by atoms with Gasteiger partial charge in [-0.25, -0.2) is 4.79 Å². The summed E-state index contributed by atoms with van der Waals surface area (Å²) in [5.41, 5.74) is -0.891. The van der Waals surface area contributed by atoms with Gasteiger partial charge in [-0.2, -0.15) is 0 Å². The molecule has 5 heteroatoms. The van der Waals surface area contributed by atoms with Gasteiger partial charge in [-0.05, 0) is 30.5 Å². The van der Waals surface area contributed by atoms with Crippen LogP contribution in [0, 0.1) is 5.92 Å². The first-order chi connectivity index (χ1) is 15.5. The quantitative estimate of drug-likeness (QED) is 0.360. The molecule has 0 spiro atoms. The first kappa shape index (κ1) is 22.8. The topological polar surface area (TPSA) is 55.8 Å². The Balaban J connectivity index is 1.32. The molecule has 2 fully saturated rings. The molecule has 0 amide bonds. The fraction of sp³-hybridized carbons (Fsp3) is 0.519. The second kappa shape index (κ2) is 10.1. The highest BCUT2D eigenvalue weighted by Crippen LogP contribution is 2.42. The van der Waals surface area contributed by atoms with Crippen LogP contribution in [0.5, 0.6) is 5.75 Å². The van der Waals surface area contributed by atoms with Crippen LogP contribution in [0.1, 0.15) is 44.1 Å². The van der Waals surface area contributed by atoms with E-state index in [1.54, 1.807) is 0 Å². The molecule has 1 heterocycles.